The molecule has 2 aromatic carbocycles. The van der Waals surface area contributed by atoms with Gasteiger partial charge in [0.1, 0.15) is 0 Å². The maximum Gasteiger partial charge on any atom is 0.240 e. The molecule has 1 aliphatic carbocycles. The number of amides is 1. The number of carbonyl (C=O) groups excluding carboxylic acids is 1. The molecule has 35 heavy (non-hydrogen) atoms. The lowest BCUT2D eigenvalue weighted by Crippen LogP contribution is -2.59. The minimum absolute atomic E-state index is 0.0412. The molecule has 2 heterocycles. The Labute approximate surface area is 208 Å². The van der Waals surface area contributed by atoms with E-state index in [0.29, 0.717) is 19.5 Å². The van der Waals surface area contributed by atoms with Crippen LogP contribution in [0.2, 0.25) is 0 Å². The Bertz CT molecular complexity index is 995. The maximum atomic E-state index is 13.4. The second-order valence-corrected chi connectivity index (χ2v) is 10.0. The first kappa shape index (κ1) is 23.9. The molecular formula is C28H37N3O4. The lowest BCUT2D eigenvalue weighted by Gasteiger charge is -2.43. The number of piperazine rings is 1. The van der Waals surface area contributed by atoms with Crippen molar-refractivity contribution in [3.8, 4) is 11.5 Å². The van der Waals surface area contributed by atoms with Gasteiger partial charge in [0.25, 0.3) is 0 Å². The van der Waals surface area contributed by atoms with Crippen molar-refractivity contribution in [1.82, 2.24) is 10.2 Å². The van der Waals surface area contributed by atoms with Crippen LogP contribution in [0, 0.1) is 0 Å². The fourth-order valence-electron chi connectivity index (χ4n) is 5.69. The normalized spacial score (nSPS) is 25.1. The molecule has 3 atom stereocenters. The molecule has 188 valence electrons. The second kappa shape index (κ2) is 10.9. The summed E-state index contributed by atoms with van der Waals surface area (Å²) in [6, 6.07) is 16.3. The van der Waals surface area contributed by atoms with Gasteiger partial charge in [-0.05, 0) is 56.2 Å². The third-order valence-electron chi connectivity index (χ3n) is 7.59. The van der Waals surface area contributed by atoms with E-state index >= 15 is 0 Å². The van der Waals surface area contributed by atoms with Crippen LogP contribution in [-0.4, -0.2) is 73.5 Å². The van der Waals surface area contributed by atoms with Gasteiger partial charge in [0.05, 0.1) is 31.4 Å². The molecule has 0 spiro atoms. The molecule has 2 aliphatic heterocycles. The fourth-order valence-corrected chi connectivity index (χ4v) is 5.69. The van der Waals surface area contributed by atoms with Gasteiger partial charge in [-0.1, -0.05) is 30.3 Å². The van der Waals surface area contributed by atoms with Crippen LogP contribution in [0.5, 0.6) is 11.5 Å². The number of rotatable bonds is 7. The Kier molecular flexibility index (Phi) is 7.44. The van der Waals surface area contributed by atoms with Gasteiger partial charge in [0.15, 0.2) is 11.5 Å². The molecule has 2 N–H and O–H groups in total. The highest BCUT2D eigenvalue weighted by atomic mass is 16.5. The number of anilines is 1. The Morgan fingerprint density at radius 2 is 1.89 bits per heavy atom. The Hall–Kier alpha value is -2.77. The number of nitrogens with one attached hydrogen (secondary N) is 1. The lowest BCUT2D eigenvalue weighted by atomic mass is 10.00. The molecule has 2 aromatic rings. The van der Waals surface area contributed by atoms with Gasteiger partial charge in [-0.25, -0.2) is 0 Å². The van der Waals surface area contributed by atoms with Gasteiger partial charge in [-0.3, -0.25) is 4.79 Å². The molecule has 5 rings (SSSR count). The smallest absolute Gasteiger partial charge is 0.240 e. The summed E-state index contributed by atoms with van der Waals surface area (Å²) in [6.07, 6.45) is 5.71. The first-order valence-corrected chi connectivity index (χ1v) is 13.0. The zero-order valence-electron chi connectivity index (χ0n) is 20.6. The molecule has 3 aliphatic rings. The summed E-state index contributed by atoms with van der Waals surface area (Å²) in [5, 5.41) is 13.1. The number of hydrogen-bond acceptors (Lipinski definition) is 6. The minimum Gasteiger partial charge on any atom is -0.493 e. The van der Waals surface area contributed by atoms with Crippen LogP contribution in [0.15, 0.2) is 48.5 Å². The van der Waals surface area contributed by atoms with Crippen LogP contribution in [0.25, 0.3) is 0 Å². The zero-order valence-corrected chi connectivity index (χ0v) is 20.6. The molecule has 0 radical (unpaired) electrons. The van der Waals surface area contributed by atoms with Crippen LogP contribution in [0.1, 0.15) is 37.7 Å². The topological polar surface area (TPSA) is 74.3 Å². The number of aliphatic hydroxyl groups is 1. The summed E-state index contributed by atoms with van der Waals surface area (Å²) >= 11 is 0. The zero-order chi connectivity index (χ0) is 24.2. The van der Waals surface area contributed by atoms with E-state index in [4.69, 9.17) is 9.47 Å². The number of hydrogen-bond donors (Lipinski definition) is 2. The number of β-amino-alcohol motifs (C(OH)–C–C–N with tert-alkyl or cyclic N) is 1. The van der Waals surface area contributed by atoms with Gasteiger partial charge in [-0.15, -0.1) is 0 Å². The van der Waals surface area contributed by atoms with Crippen molar-refractivity contribution in [2.24, 2.45) is 0 Å². The molecule has 1 saturated carbocycles. The molecule has 7 heteroatoms. The van der Waals surface area contributed by atoms with Crippen LogP contribution < -0.4 is 19.7 Å². The monoisotopic (exact) mass is 479 g/mol. The van der Waals surface area contributed by atoms with Crippen LogP contribution in [0.4, 0.5) is 5.69 Å². The molecular weight excluding hydrogens is 442 g/mol. The number of nitrogens with zero attached hydrogens (tertiary/aromatic N) is 2. The quantitative estimate of drug-likeness (QED) is 0.636. The highest BCUT2D eigenvalue weighted by molar-refractivity contribution is 5.83. The van der Waals surface area contributed by atoms with Crippen molar-refractivity contribution in [3.05, 3.63) is 54.1 Å². The summed E-state index contributed by atoms with van der Waals surface area (Å²) in [5.41, 5.74) is 2.31. The Balaban J connectivity index is 1.35. The predicted octanol–water partition coefficient (Wildman–Crippen LogP) is 3.00. The second-order valence-electron chi connectivity index (χ2n) is 10.0. The van der Waals surface area contributed by atoms with Crippen molar-refractivity contribution in [2.45, 2.75) is 62.8 Å². The number of ether oxygens (including phenoxy) is 2. The summed E-state index contributed by atoms with van der Waals surface area (Å²) in [7, 11) is 1.69. The molecule has 0 unspecified atom stereocenters. The van der Waals surface area contributed by atoms with E-state index in [0.717, 1.165) is 49.5 Å². The number of methoxy groups -OCH3 is 1. The van der Waals surface area contributed by atoms with Gasteiger partial charge in [0.2, 0.25) is 5.91 Å². The van der Waals surface area contributed by atoms with Crippen LogP contribution in [-0.2, 0) is 11.2 Å². The number of carbonyl (C=O) groups is 1. The molecule has 2 saturated heterocycles. The Morgan fingerprint density at radius 1 is 1.09 bits per heavy atom. The molecule has 7 nitrogen and oxygen atoms in total. The van der Waals surface area contributed by atoms with E-state index in [1.165, 1.54) is 18.4 Å². The van der Waals surface area contributed by atoms with Gasteiger partial charge in [0, 0.05) is 37.9 Å². The Morgan fingerprint density at radius 3 is 2.60 bits per heavy atom. The summed E-state index contributed by atoms with van der Waals surface area (Å²) in [5.74, 6) is 1.67. The van der Waals surface area contributed by atoms with E-state index in [-0.39, 0.29) is 24.1 Å². The fraction of sp³-hybridized carbons (Fsp3) is 0.536. The third kappa shape index (κ3) is 5.57. The van der Waals surface area contributed by atoms with E-state index < -0.39 is 6.10 Å². The number of aliphatic hydroxyl groups excluding tert-OH is 1. The van der Waals surface area contributed by atoms with Gasteiger partial charge < -0.3 is 29.7 Å². The van der Waals surface area contributed by atoms with Crippen molar-refractivity contribution in [3.63, 3.8) is 0 Å². The van der Waals surface area contributed by atoms with E-state index in [9.17, 15) is 9.90 Å². The largest absolute Gasteiger partial charge is 0.493 e. The van der Waals surface area contributed by atoms with Crippen molar-refractivity contribution in [1.29, 1.82) is 0 Å². The predicted molar refractivity (Wildman–Crippen MR) is 136 cm³/mol. The molecule has 0 aromatic heterocycles. The molecule has 3 fully saturated rings. The number of benzene rings is 2. The highest BCUT2D eigenvalue weighted by Crippen LogP contribution is 2.36. The van der Waals surface area contributed by atoms with Crippen molar-refractivity contribution in [2.75, 3.05) is 38.2 Å². The summed E-state index contributed by atoms with van der Waals surface area (Å²) < 4.78 is 11.9. The standard InChI is InChI=1S/C28H37N3O4/c1-34-26-12-11-21(16-27(26)35-24-9-5-6-10-24)30-13-14-31(28(33)25-17-23(32)18-29-25)22(19-30)15-20-7-3-2-4-8-20/h2-4,7-8,11-12,16,22-25,29,32H,5-6,9-10,13-15,17-19H2,1H3/t22-,23-,25+/m0/s1. The average molecular weight is 480 g/mol. The van der Waals surface area contributed by atoms with Crippen LogP contribution >= 0.6 is 0 Å². The SMILES string of the molecule is COc1ccc(N2CCN(C(=O)[C@H]3C[C@H](O)CN3)[C@@H](Cc3ccccc3)C2)cc1OC1CCCC1. The first-order chi connectivity index (χ1) is 17.1. The van der Waals surface area contributed by atoms with E-state index in [2.05, 4.69) is 34.5 Å². The summed E-state index contributed by atoms with van der Waals surface area (Å²) in [4.78, 5) is 17.8. The van der Waals surface area contributed by atoms with Crippen LogP contribution in [0.3, 0.4) is 0 Å². The highest BCUT2D eigenvalue weighted by Gasteiger charge is 2.37. The molecule has 0 bridgehead atoms. The van der Waals surface area contributed by atoms with E-state index in [1.54, 1.807) is 7.11 Å². The molecule has 1 amide bonds. The van der Waals surface area contributed by atoms with Gasteiger partial charge in [-0.2, -0.15) is 0 Å². The van der Waals surface area contributed by atoms with E-state index in [1.807, 2.05) is 29.2 Å². The van der Waals surface area contributed by atoms with Crippen molar-refractivity contribution >= 4 is 11.6 Å². The maximum absolute atomic E-state index is 13.4. The average Bonchev–Trinajstić information content (AvgIpc) is 3.56. The first-order valence-electron chi connectivity index (χ1n) is 13.0. The third-order valence-corrected chi connectivity index (χ3v) is 7.59. The lowest BCUT2D eigenvalue weighted by molar-refractivity contribution is -0.136. The van der Waals surface area contributed by atoms with Gasteiger partial charge >= 0.3 is 0 Å². The van der Waals surface area contributed by atoms with Crippen molar-refractivity contribution < 1.29 is 19.4 Å². The summed E-state index contributed by atoms with van der Waals surface area (Å²) in [6.45, 7) is 2.62. The minimum atomic E-state index is -0.449.